The molecule has 1 fully saturated rings. The van der Waals surface area contributed by atoms with Crippen LogP contribution in [0.5, 0.6) is 0 Å². The second kappa shape index (κ2) is 5.86. The van der Waals surface area contributed by atoms with E-state index in [9.17, 15) is 23.6 Å². The van der Waals surface area contributed by atoms with Crippen molar-refractivity contribution < 1.29 is 18.4 Å². The van der Waals surface area contributed by atoms with E-state index in [1.165, 1.54) is 18.2 Å². The van der Waals surface area contributed by atoms with Gasteiger partial charge in [0.05, 0.1) is 11.0 Å². The van der Waals surface area contributed by atoms with E-state index in [-0.39, 0.29) is 4.90 Å². The normalized spacial score (nSPS) is 23.4. The van der Waals surface area contributed by atoms with Crippen LogP contribution in [0.2, 0.25) is 0 Å². The van der Waals surface area contributed by atoms with Gasteiger partial charge < -0.3 is 5.11 Å². The van der Waals surface area contributed by atoms with Crippen molar-refractivity contribution in [2.24, 2.45) is 0 Å². The Morgan fingerprint density at radius 1 is 1.25 bits per heavy atom. The Hall–Kier alpha value is -1.51. The van der Waals surface area contributed by atoms with E-state index in [0.717, 1.165) is 18.9 Å². The highest BCUT2D eigenvalue weighted by Gasteiger charge is 2.31. The van der Waals surface area contributed by atoms with Crippen molar-refractivity contribution in [3.8, 4) is 0 Å². The van der Waals surface area contributed by atoms with Crippen molar-refractivity contribution in [2.75, 3.05) is 0 Å². The number of nitro groups is 1. The minimum Gasteiger partial charge on any atom is -0.391 e. The number of aliphatic hydroxyl groups excluding tert-OH is 1. The minimum atomic E-state index is -4.02. The van der Waals surface area contributed by atoms with Gasteiger partial charge in [-0.2, -0.15) is 0 Å². The van der Waals surface area contributed by atoms with E-state index in [1.54, 1.807) is 0 Å². The molecule has 0 spiro atoms. The lowest BCUT2D eigenvalue weighted by Gasteiger charge is -2.27. The number of nitrogens with one attached hydrogen (secondary N) is 1. The van der Waals surface area contributed by atoms with Gasteiger partial charge in [-0.3, -0.25) is 10.1 Å². The molecule has 2 rings (SSSR count). The lowest BCUT2D eigenvalue weighted by atomic mass is 9.93. The smallest absolute Gasteiger partial charge is 0.289 e. The van der Waals surface area contributed by atoms with Crippen LogP contribution in [0.25, 0.3) is 0 Å². The highest BCUT2D eigenvalue weighted by atomic mass is 32.2. The summed E-state index contributed by atoms with van der Waals surface area (Å²) in [5.74, 6) is 0. The Balaban J connectivity index is 2.29. The van der Waals surface area contributed by atoms with Crippen molar-refractivity contribution in [1.29, 1.82) is 0 Å². The van der Waals surface area contributed by atoms with Crippen LogP contribution in [0.3, 0.4) is 0 Å². The molecular formula is C12H16N2O5S. The van der Waals surface area contributed by atoms with E-state index in [1.807, 2.05) is 0 Å². The molecule has 0 radical (unpaired) electrons. The molecule has 1 saturated carbocycles. The largest absolute Gasteiger partial charge is 0.391 e. The number of hydrogen-bond donors (Lipinski definition) is 2. The van der Waals surface area contributed by atoms with Crippen molar-refractivity contribution in [3.63, 3.8) is 0 Å². The third-order valence-electron chi connectivity index (χ3n) is 3.39. The molecule has 0 saturated heterocycles. The molecule has 0 aliphatic heterocycles. The number of nitrogens with zero attached hydrogens (tertiary/aromatic N) is 1. The fourth-order valence-electron chi connectivity index (χ4n) is 2.35. The Morgan fingerprint density at radius 3 is 2.55 bits per heavy atom. The van der Waals surface area contributed by atoms with Gasteiger partial charge in [-0.25, -0.2) is 13.1 Å². The quantitative estimate of drug-likeness (QED) is 0.641. The van der Waals surface area contributed by atoms with Gasteiger partial charge in [0.2, 0.25) is 10.0 Å². The number of rotatable bonds is 4. The van der Waals surface area contributed by atoms with E-state index in [2.05, 4.69) is 4.72 Å². The SMILES string of the molecule is O=[N+]([O-])c1ccccc1S(=O)(=O)NC1CCCCC1O. The Bertz CT molecular complexity index is 602. The van der Waals surface area contributed by atoms with Crippen LogP contribution in [0.4, 0.5) is 5.69 Å². The first-order valence-corrected chi connectivity index (χ1v) is 7.84. The number of hydrogen-bond acceptors (Lipinski definition) is 5. The second-order valence-corrected chi connectivity index (χ2v) is 6.49. The average Bonchev–Trinajstić information content (AvgIpc) is 2.41. The van der Waals surface area contributed by atoms with Crippen molar-refractivity contribution in [2.45, 2.75) is 42.7 Å². The fourth-order valence-corrected chi connectivity index (χ4v) is 3.82. The van der Waals surface area contributed by atoms with Crippen LogP contribution in [0.15, 0.2) is 29.2 Å². The summed E-state index contributed by atoms with van der Waals surface area (Å²) >= 11 is 0. The maximum Gasteiger partial charge on any atom is 0.289 e. The highest BCUT2D eigenvalue weighted by molar-refractivity contribution is 7.89. The maximum atomic E-state index is 12.2. The lowest BCUT2D eigenvalue weighted by molar-refractivity contribution is -0.387. The van der Waals surface area contributed by atoms with Gasteiger partial charge in [0.1, 0.15) is 0 Å². The monoisotopic (exact) mass is 300 g/mol. The van der Waals surface area contributed by atoms with Crippen LogP contribution in [0.1, 0.15) is 25.7 Å². The molecule has 0 bridgehead atoms. The first-order chi connectivity index (χ1) is 9.42. The van der Waals surface area contributed by atoms with Crippen LogP contribution < -0.4 is 4.72 Å². The third kappa shape index (κ3) is 3.14. The maximum absolute atomic E-state index is 12.2. The number of para-hydroxylation sites is 1. The summed E-state index contributed by atoms with van der Waals surface area (Å²) in [5.41, 5.74) is -0.467. The van der Waals surface area contributed by atoms with Gasteiger partial charge in [0, 0.05) is 12.1 Å². The molecule has 2 atom stereocenters. The highest BCUT2D eigenvalue weighted by Crippen LogP contribution is 2.25. The topological polar surface area (TPSA) is 110 Å². The van der Waals surface area contributed by atoms with E-state index in [4.69, 9.17) is 0 Å². The molecule has 2 unspecified atom stereocenters. The summed E-state index contributed by atoms with van der Waals surface area (Å²) < 4.78 is 26.9. The predicted octanol–water partition coefficient (Wildman–Crippen LogP) is 1.18. The lowest BCUT2D eigenvalue weighted by Crippen LogP contribution is -2.45. The van der Waals surface area contributed by atoms with Gasteiger partial charge in [0.25, 0.3) is 5.69 Å². The molecular weight excluding hydrogens is 284 g/mol. The Kier molecular flexibility index (Phi) is 4.36. The van der Waals surface area contributed by atoms with Crippen LogP contribution >= 0.6 is 0 Å². The molecule has 0 aromatic heterocycles. The summed E-state index contributed by atoms with van der Waals surface area (Å²) in [4.78, 5) is 9.79. The molecule has 2 N–H and O–H groups in total. The molecule has 1 aliphatic rings. The zero-order chi connectivity index (χ0) is 14.8. The third-order valence-corrected chi connectivity index (χ3v) is 4.92. The molecule has 8 heteroatoms. The van der Waals surface area contributed by atoms with Crippen molar-refractivity contribution >= 4 is 15.7 Å². The van der Waals surface area contributed by atoms with E-state index >= 15 is 0 Å². The van der Waals surface area contributed by atoms with E-state index in [0.29, 0.717) is 12.8 Å². The first kappa shape index (κ1) is 14.9. The van der Waals surface area contributed by atoms with Crippen LogP contribution in [-0.4, -0.2) is 30.6 Å². The molecule has 1 aromatic rings. The van der Waals surface area contributed by atoms with Gasteiger partial charge >= 0.3 is 0 Å². The summed E-state index contributed by atoms with van der Waals surface area (Å²) in [7, 11) is -4.02. The number of sulfonamides is 1. The molecule has 1 aromatic carbocycles. The zero-order valence-corrected chi connectivity index (χ0v) is 11.5. The minimum absolute atomic E-state index is 0.372. The number of nitro benzene ring substituents is 1. The van der Waals surface area contributed by atoms with Gasteiger partial charge in [-0.05, 0) is 18.9 Å². The second-order valence-electron chi connectivity index (χ2n) is 4.80. The zero-order valence-electron chi connectivity index (χ0n) is 10.7. The molecule has 0 amide bonds. The van der Waals surface area contributed by atoms with Crippen molar-refractivity contribution in [3.05, 3.63) is 34.4 Å². The predicted molar refractivity (Wildman–Crippen MR) is 71.7 cm³/mol. The summed E-state index contributed by atoms with van der Waals surface area (Å²) in [5, 5.41) is 20.7. The molecule has 110 valence electrons. The van der Waals surface area contributed by atoms with Crippen LogP contribution in [-0.2, 0) is 10.0 Å². The first-order valence-electron chi connectivity index (χ1n) is 6.35. The Morgan fingerprint density at radius 2 is 1.90 bits per heavy atom. The summed E-state index contributed by atoms with van der Waals surface area (Å²) in [6, 6.07) is 4.58. The van der Waals surface area contributed by atoms with Gasteiger partial charge in [-0.15, -0.1) is 0 Å². The van der Waals surface area contributed by atoms with Gasteiger partial charge in [0.15, 0.2) is 4.90 Å². The molecule has 20 heavy (non-hydrogen) atoms. The summed E-state index contributed by atoms with van der Waals surface area (Å²) in [6.07, 6.45) is 1.98. The molecule has 0 heterocycles. The molecule has 7 nitrogen and oxygen atoms in total. The van der Waals surface area contributed by atoms with Crippen LogP contribution in [0, 0.1) is 10.1 Å². The van der Waals surface area contributed by atoms with Crippen molar-refractivity contribution in [1.82, 2.24) is 4.72 Å². The fraction of sp³-hybridized carbons (Fsp3) is 0.500. The molecule has 1 aliphatic carbocycles. The van der Waals surface area contributed by atoms with Gasteiger partial charge in [-0.1, -0.05) is 25.0 Å². The Labute approximate surface area is 116 Å². The average molecular weight is 300 g/mol. The van der Waals surface area contributed by atoms with E-state index < -0.39 is 32.8 Å². The summed E-state index contributed by atoms with van der Waals surface area (Å²) in [6.45, 7) is 0. The number of benzene rings is 1. The standard InChI is InChI=1S/C12H16N2O5S/c15-11-7-3-1-5-9(11)13-20(18,19)12-8-4-2-6-10(12)14(16)17/h2,4,6,8-9,11,13,15H,1,3,5,7H2. The number of aliphatic hydroxyl groups is 1.